The minimum atomic E-state index is -0.967. The smallest absolute Gasteiger partial charge is 0.419 e. The van der Waals surface area contributed by atoms with Crippen LogP contribution in [0.3, 0.4) is 0 Å². The molecule has 4 rings (SSSR count). The Balaban J connectivity index is 0.000000519. The van der Waals surface area contributed by atoms with Gasteiger partial charge in [0.05, 0.1) is 143 Å². The van der Waals surface area contributed by atoms with E-state index in [0.717, 1.165) is 0 Å². The quantitative estimate of drug-likeness (QED) is 0.0332. The highest BCUT2D eigenvalue weighted by atomic mass is 16.6. The van der Waals surface area contributed by atoms with Crippen molar-refractivity contribution in [2.24, 2.45) is 10.8 Å². The van der Waals surface area contributed by atoms with E-state index in [1.54, 1.807) is 0 Å². The molecular formula is C42H64N8O20. The van der Waals surface area contributed by atoms with E-state index in [2.05, 4.69) is 19.9 Å². The summed E-state index contributed by atoms with van der Waals surface area (Å²) in [6.45, 7) is 1.16. The van der Waals surface area contributed by atoms with E-state index in [-0.39, 0.29) is 159 Å². The lowest BCUT2D eigenvalue weighted by Gasteiger charge is -2.33. The average Bonchev–Trinajstić information content (AvgIpc) is 4.23. The monoisotopic (exact) mass is 1000 g/mol. The molecule has 70 heavy (non-hydrogen) atoms. The lowest BCUT2D eigenvalue weighted by Crippen LogP contribution is -2.43. The topological polar surface area (TPSA) is 331 Å². The largest absolute Gasteiger partial charge is 0.446 e. The van der Waals surface area contributed by atoms with Crippen LogP contribution in [0.2, 0.25) is 0 Å². The molecule has 0 saturated heterocycles. The van der Waals surface area contributed by atoms with Gasteiger partial charge in [-0.05, 0) is 0 Å². The minimum Gasteiger partial charge on any atom is -0.446 e. The summed E-state index contributed by atoms with van der Waals surface area (Å²) in [5.41, 5.74) is -1.60. The van der Waals surface area contributed by atoms with Gasteiger partial charge in [-0.3, -0.25) is 0 Å². The second-order valence-electron chi connectivity index (χ2n) is 14.7. The van der Waals surface area contributed by atoms with Crippen LogP contribution in [0.5, 0.6) is 0 Å². The van der Waals surface area contributed by atoms with Crippen molar-refractivity contribution in [2.45, 2.75) is 0 Å². The first kappa shape index (κ1) is 58.6. The summed E-state index contributed by atoms with van der Waals surface area (Å²) in [7, 11) is 0. The van der Waals surface area contributed by atoms with E-state index in [4.69, 9.17) is 77.3 Å². The number of hydrogen-bond donors (Lipinski definition) is 4. The van der Waals surface area contributed by atoms with Gasteiger partial charge in [-0.2, -0.15) is 0 Å². The van der Waals surface area contributed by atoms with Crippen molar-refractivity contribution in [3.63, 3.8) is 0 Å². The van der Waals surface area contributed by atoms with Crippen LogP contribution in [0.25, 0.3) is 0 Å². The molecule has 0 atom stereocenters. The van der Waals surface area contributed by atoms with Gasteiger partial charge in [0, 0.05) is 49.6 Å². The molecule has 0 aliphatic rings. The molecule has 0 spiro atoms. The Kier molecular flexibility index (Phi) is 30.3. The molecule has 0 aromatic carbocycles. The molecule has 0 radical (unpaired) electrons. The van der Waals surface area contributed by atoms with Gasteiger partial charge in [0.1, 0.15) is 51.7 Å². The summed E-state index contributed by atoms with van der Waals surface area (Å²) < 4.78 is 70.5. The summed E-state index contributed by atoms with van der Waals surface area (Å²) in [5.74, 6) is 0. The Morgan fingerprint density at radius 3 is 0.700 bits per heavy atom. The van der Waals surface area contributed by atoms with E-state index in [1.165, 1.54) is 93.2 Å². The second-order valence-corrected chi connectivity index (χ2v) is 14.7. The van der Waals surface area contributed by atoms with E-state index < -0.39 is 35.2 Å². The fourth-order valence-corrected chi connectivity index (χ4v) is 5.59. The molecule has 4 aromatic heterocycles. The number of carbonyl (C=O) groups excluding carboxylic acids is 4. The molecule has 4 heterocycles. The maximum absolute atomic E-state index is 12.1. The summed E-state index contributed by atoms with van der Waals surface area (Å²) >= 11 is 0. The predicted octanol–water partition coefficient (Wildman–Crippen LogP) is -0.427. The number of hydrogen-bond acceptors (Lipinski definition) is 24. The summed E-state index contributed by atoms with van der Waals surface area (Å²) in [5, 5.41) is 35.2. The third-order valence-corrected chi connectivity index (χ3v) is 8.88. The zero-order valence-corrected chi connectivity index (χ0v) is 38.8. The van der Waals surface area contributed by atoms with Crippen molar-refractivity contribution in [3.8, 4) is 0 Å². The Hall–Kier alpha value is -5.76. The molecule has 0 fully saturated rings. The van der Waals surface area contributed by atoms with Gasteiger partial charge < -0.3 is 77.3 Å². The molecule has 0 bridgehead atoms. The first-order valence-electron chi connectivity index (χ1n) is 21.9. The molecule has 4 aromatic rings. The number of aliphatic hydroxyl groups is 4. The Morgan fingerprint density at radius 1 is 0.329 bits per heavy atom. The van der Waals surface area contributed by atoms with Crippen LogP contribution >= 0.6 is 0 Å². The summed E-state index contributed by atoms with van der Waals surface area (Å²) in [6, 6.07) is 0. The van der Waals surface area contributed by atoms with E-state index in [9.17, 15) is 19.2 Å². The van der Waals surface area contributed by atoms with Crippen molar-refractivity contribution in [1.29, 1.82) is 0 Å². The van der Waals surface area contributed by atoms with Crippen LogP contribution < -0.4 is 0 Å². The first-order chi connectivity index (χ1) is 34.2. The summed E-state index contributed by atoms with van der Waals surface area (Å²) in [6.07, 6.45) is 14.3. The zero-order chi connectivity index (χ0) is 50.4. The number of imidazole rings is 4. The maximum Gasteiger partial charge on any atom is 0.419 e. The van der Waals surface area contributed by atoms with Gasteiger partial charge in [-0.15, -0.1) is 0 Å². The highest BCUT2D eigenvalue weighted by molar-refractivity contribution is 5.71. The van der Waals surface area contributed by atoms with Crippen LogP contribution in [-0.4, -0.2) is 242 Å². The third-order valence-electron chi connectivity index (χ3n) is 8.88. The Morgan fingerprint density at radius 2 is 0.529 bits per heavy atom. The van der Waals surface area contributed by atoms with Crippen molar-refractivity contribution in [3.05, 3.63) is 74.9 Å². The number of nitrogens with zero attached hydrogens (tertiary/aromatic N) is 8. The highest BCUT2D eigenvalue weighted by Crippen LogP contribution is 2.22. The minimum absolute atomic E-state index is 0.00803. The molecular weight excluding hydrogens is 936 g/mol. The average molecular weight is 1000 g/mol. The second kappa shape index (κ2) is 36.2. The number of ether oxygens (including phenoxy) is 12. The van der Waals surface area contributed by atoms with E-state index in [0.29, 0.717) is 0 Å². The predicted molar refractivity (Wildman–Crippen MR) is 236 cm³/mol. The van der Waals surface area contributed by atoms with Crippen LogP contribution in [0.4, 0.5) is 19.2 Å². The van der Waals surface area contributed by atoms with E-state index >= 15 is 0 Å². The lowest BCUT2D eigenvalue weighted by atomic mass is 9.92. The Bertz CT molecular complexity index is 1630. The van der Waals surface area contributed by atoms with Gasteiger partial charge in [0.25, 0.3) is 0 Å². The number of aromatic nitrogens is 8. The van der Waals surface area contributed by atoms with Gasteiger partial charge >= 0.3 is 24.4 Å². The van der Waals surface area contributed by atoms with Crippen LogP contribution in [0.1, 0.15) is 0 Å². The SMILES string of the molecule is O=C(OCCOCC(COCCOC(=O)n1ccnc1)(COCCOC(=O)n1ccnc1)COCCOC(=O)n1ccnc1)n1ccnc1.OCCOCC(COCCO)(COCCO)COCCO. The molecule has 0 saturated carbocycles. The number of aliphatic hydroxyl groups excluding tert-OH is 4. The zero-order valence-electron chi connectivity index (χ0n) is 38.8. The molecule has 28 nitrogen and oxygen atoms in total. The normalized spacial score (nSPS) is 11.5. The van der Waals surface area contributed by atoms with Crippen molar-refractivity contribution in [1.82, 2.24) is 38.2 Å². The molecule has 0 aliphatic carbocycles. The molecule has 4 N–H and O–H groups in total. The van der Waals surface area contributed by atoms with Crippen molar-refractivity contribution >= 4 is 24.4 Å². The van der Waals surface area contributed by atoms with Crippen molar-refractivity contribution < 1.29 is 96.4 Å². The lowest BCUT2D eigenvalue weighted by molar-refractivity contribution is -0.116. The van der Waals surface area contributed by atoms with Gasteiger partial charge in [-0.1, -0.05) is 0 Å². The maximum atomic E-state index is 12.1. The fourth-order valence-electron chi connectivity index (χ4n) is 5.59. The van der Waals surface area contributed by atoms with Gasteiger partial charge in [0.15, 0.2) is 0 Å². The van der Waals surface area contributed by atoms with E-state index in [1.807, 2.05) is 0 Å². The third kappa shape index (κ3) is 24.2. The molecule has 392 valence electrons. The highest BCUT2D eigenvalue weighted by Gasteiger charge is 2.34. The van der Waals surface area contributed by atoms with Gasteiger partial charge in [-0.25, -0.2) is 57.4 Å². The number of carbonyl (C=O) groups is 4. The molecule has 0 unspecified atom stereocenters. The first-order valence-corrected chi connectivity index (χ1v) is 21.9. The fraction of sp³-hybridized carbons (Fsp3) is 0.619. The molecule has 0 aliphatic heterocycles. The van der Waals surface area contributed by atoms with Crippen LogP contribution in [0.15, 0.2) is 74.9 Å². The standard InChI is InChI=1S/C29H36N8O12.C13H28O8/c38-25(34-5-1-30-21-34)46-13-9-42-17-29(18-43-10-14-47-26(39)35-6-2-31-22-35,19-44-11-15-48-27(40)36-7-3-32-23-36)20-45-12-16-49-28(41)37-8-4-33-24-37;14-1-5-18-9-13(10-19-6-2-15,11-20-7-3-16)12-21-8-4-17/h1-8,21-24H,9-20H2;14-17H,1-12H2. The van der Waals surface area contributed by atoms with Gasteiger partial charge in [0.2, 0.25) is 0 Å². The summed E-state index contributed by atoms with van der Waals surface area (Å²) in [4.78, 5) is 63.7. The van der Waals surface area contributed by atoms with Crippen LogP contribution in [0, 0.1) is 10.8 Å². The number of rotatable bonds is 36. The molecule has 28 heteroatoms. The molecule has 0 amide bonds. The Labute approximate surface area is 402 Å². The van der Waals surface area contributed by atoms with Crippen molar-refractivity contribution in [2.75, 3.05) is 159 Å². The van der Waals surface area contributed by atoms with Crippen LogP contribution in [-0.2, 0) is 56.8 Å².